The molecule has 2 amide bonds. The molecule has 272 valence electrons. The number of pyridine rings is 1. The number of aromatic nitrogens is 1. The van der Waals surface area contributed by atoms with Gasteiger partial charge in [0.25, 0.3) is 0 Å². The van der Waals surface area contributed by atoms with Crippen molar-refractivity contribution in [3.8, 4) is 5.75 Å². The van der Waals surface area contributed by atoms with Gasteiger partial charge in [-0.15, -0.1) is 0 Å². The van der Waals surface area contributed by atoms with Crippen LogP contribution >= 0.6 is 0 Å². The predicted molar refractivity (Wildman–Crippen MR) is 202 cm³/mol. The van der Waals surface area contributed by atoms with Gasteiger partial charge in [0.05, 0.1) is 14.2 Å². The lowest BCUT2D eigenvalue weighted by Gasteiger charge is -2.55. The summed E-state index contributed by atoms with van der Waals surface area (Å²) < 4.78 is 10.0. The molecule has 4 saturated carbocycles. The number of hydrogen-bond acceptors (Lipinski definition) is 7. The second-order valence-corrected chi connectivity index (χ2v) is 15.6. The summed E-state index contributed by atoms with van der Waals surface area (Å²) in [5.41, 5.74) is 10.9. The molecular formula is C41H59N5O4. The van der Waals surface area contributed by atoms with Crippen LogP contribution in [0.1, 0.15) is 108 Å². The van der Waals surface area contributed by atoms with Crippen LogP contribution in [0.15, 0.2) is 47.7 Å². The first kappa shape index (κ1) is 37.4. The molecule has 0 atom stereocenters. The molecule has 1 saturated heterocycles. The van der Waals surface area contributed by atoms with Crippen LogP contribution in [0.4, 0.5) is 10.6 Å². The van der Waals surface area contributed by atoms with Gasteiger partial charge in [0.1, 0.15) is 11.6 Å². The Morgan fingerprint density at radius 1 is 1.04 bits per heavy atom. The van der Waals surface area contributed by atoms with E-state index in [1.54, 1.807) is 18.2 Å². The van der Waals surface area contributed by atoms with Gasteiger partial charge in [-0.25, -0.2) is 9.78 Å². The van der Waals surface area contributed by atoms with Gasteiger partial charge >= 0.3 is 6.09 Å². The molecule has 2 heterocycles. The van der Waals surface area contributed by atoms with Gasteiger partial charge in [-0.2, -0.15) is 0 Å². The second-order valence-electron chi connectivity index (χ2n) is 15.6. The van der Waals surface area contributed by atoms with Gasteiger partial charge < -0.3 is 20.1 Å². The summed E-state index contributed by atoms with van der Waals surface area (Å²) in [7, 11) is 3.15. The number of anilines is 1. The molecule has 1 aromatic heterocycles. The van der Waals surface area contributed by atoms with Gasteiger partial charge in [0, 0.05) is 55.8 Å². The number of nitrogens with zero attached hydrogens (tertiary/aromatic N) is 4. The summed E-state index contributed by atoms with van der Waals surface area (Å²) in [6, 6.07) is 10.9. The van der Waals surface area contributed by atoms with E-state index in [1.165, 1.54) is 43.9 Å². The minimum absolute atomic E-state index is 0.0891. The molecular weight excluding hydrogens is 626 g/mol. The molecule has 2 N–H and O–H groups in total. The summed E-state index contributed by atoms with van der Waals surface area (Å²) >= 11 is 0. The maximum Gasteiger partial charge on any atom is 0.409 e. The number of amides is 2. The fraction of sp³-hybridized carbons (Fsp3) is 0.610. The van der Waals surface area contributed by atoms with Crippen molar-refractivity contribution in [1.29, 1.82) is 0 Å². The molecule has 0 radical (unpaired) electrons. The molecule has 4 aliphatic carbocycles. The smallest absolute Gasteiger partial charge is 0.409 e. The van der Waals surface area contributed by atoms with Gasteiger partial charge in [-0.1, -0.05) is 38.3 Å². The Labute approximate surface area is 299 Å². The Kier molecular flexibility index (Phi) is 12.3. The zero-order valence-corrected chi connectivity index (χ0v) is 31.2. The molecule has 1 aromatic carbocycles. The first-order chi connectivity index (χ1) is 24.0. The minimum Gasteiger partial charge on any atom is -0.496 e. The number of fused-ring (bicyclic) bond motifs is 3. The van der Waals surface area contributed by atoms with Crippen LogP contribution in [0.5, 0.6) is 5.75 Å². The van der Waals surface area contributed by atoms with E-state index < -0.39 is 0 Å². The number of carbonyl (C=O) groups is 2. The molecule has 5 fully saturated rings. The lowest BCUT2D eigenvalue weighted by atomic mass is 9.51. The molecule has 1 aliphatic heterocycles. The second kappa shape index (κ2) is 16.4. The number of hydrogen-bond donors (Lipinski definition) is 1. The van der Waals surface area contributed by atoms with Crippen LogP contribution in [0.3, 0.4) is 0 Å². The van der Waals surface area contributed by atoms with E-state index in [2.05, 4.69) is 46.7 Å². The number of aliphatic imine (C=N–C) groups is 1. The van der Waals surface area contributed by atoms with Crippen LogP contribution in [-0.2, 0) is 14.9 Å². The summed E-state index contributed by atoms with van der Waals surface area (Å²) in [5.74, 6) is 2.71. The topological polar surface area (TPSA) is 110 Å². The standard InChI is InChI=1S/C35H48N4O2.C6H11NO2/c1-25(2)38-23-29(22-36)28-12-19-37-32(21-28)39(33(40)27-8-6-5-7-9-27)24-34-13-16-35(17-14-34,18-15-34)30-10-11-31(41-4)26(3)20-30;1-5-3-7(4-5)6(8)9-2/h10-12,19-23,25,27H,5-9,13-18,24,36H2,1-4H3;5H,3-4H2,1-2H3/b29-22+,38-23?;. The Morgan fingerprint density at radius 2 is 1.72 bits per heavy atom. The molecule has 0 spiro atoms. The maximum atomic E-state index is 14.2. The van der Waals surface area contributed by atoms with Crippen molar-refractivity contribution in [2.75, 3.05) is 38.8 Å². The van der Waals surface area contributed by atoms with Crippen LogP contribution in [-0.4, -0.2) is 68.0 Å². The molecule has 9 nitrogen and oxygen atoms in total. The summed E-state index contributed by atoms with van der Waals surface area (Å²) in [6.07, 6.45) is 17.4. The zero-order valence-electron chi connectivity index (χ0n) is 31.2. The number of carbonyl (C=O) groups excluding carboxylic acids is 2. The zero-order chi connectivity index (χ0) is 35.9. The van der Waals surface area contributed by atoms with E-state index in [4.69, 9.17) is 15.5 Å². The van der Waals surface area contributed by atoms with Gasteiger partial charge in [-0.3, -0.25) is 14.7 Å². The monoisotopic (exact) mass is 685 g/mol. The van der Waals surface area contributed by atoms with Crippen molar-refractivity contribution in [3.63, 3.8) is 0 Å². The molecule has 7 rings (SSSR count). The number of allylic oxidation sites excluding steroid dienone is 1. The SMILES string of the molecule is COC(=O)N1CC(C)C1.COc1ccc(C23CCC(CN(C(=O)C4CCCCC4)c4cc(/C(C=NC(C)C)=C/N)ccn4)(CC2)CC3)cc1C. The van der Waals surface area contributed by atoms with E-state index in [-0.39, 0.29) is 34.8 Å². The number of benzene rings is 1. The highest BCUT2D eigenvalue weighted by Crippen LogP contribution is 2.58. The average molecular weight is 686 g/mol. The van der Waals surface area contributed by atoms with E-state index in [9.17, 15) is 9.59 Å². The molecule has 5 aliphatic rings. The number of rotatable bonds is 9. The third kappa shape index (κ3) is 8.52. The summed E-state index contributed by atoms with van der Waals surface area (Å²) in [6.45, 7) is 10.8. The third-order valence-corrected chi connectivity index (χ3v) is 11.7. The van der Waals surface area contributed by atoms with Crippen molar-refractivity contribution < 1.29 is 19.1 Å². The number of aryl methyl sites for hydroxylation is 1. The third-order valence-electron chi connectivity index (χ3n) is 11.7. The Balaban J connectivity index is 0.000000470. The lowest BCUT2D eigenvalue weighted by molar-refractivity contribution is -0.124. The molecule has 0 unspecified atom stereocenters. The minimum atomic E-state index is -0.201. The van der Waals surface area contributed by atoms with Crippen molar-refractivity contribution in [1.82, 2.24) is 9.88 Å². The normalized spacial score (nSPS) is 24.1. The van der Waals surface area contributed by atoms with E-state index in [1.807, 2.05) is 38.4 Å². The van der Waals surface area contributed by atoms with Crippen LogP contribution < -0.4 is 15.4 Å². The molecule has 9 heteroatoms. The van der Waals surface area contributed by atoms with E-state index in [0.29, 0.717) is 5.92 Å². The van der Waals surface area contributed by atoms with Gasteiger partial charge in [-0.05, 0) is 124 Å². The molecule has 2 bridgehead atoms. The Bertz CT molecular complexity index is 1510. The van der Waals surface area contributed by atoms with E-state index >= 15 is 0 Å². The fourth-order valence-electron chi connectivity index (χ4n) is 8.48. The highest BCUT2D eigenvalue weighted by Gasteiger charge is 2.50. The molecule has 2 aromatic rings. The lowest BCUT2D eigenvalue weighted by Crippen LogP contribution is -2.51. The van der Waals surface area contributed by atoms with Gasteiger partial charge in [0.15, 0.2) is 0 Å². The highest BCUT2D eigenvalue weighted by atomic mass is 16.5. The quantitative estimate of drug-likeness (QED) is 0.267. The number of likely N-dealkylation sites (tertiary alicyclic amines) is 1. The fourth-order valence-corrected chi connectivity index (χ4v) is 8.48. The average Bonchev–Trinajstić information content (AvgIpc) is 3.13. The highest BCUT2D eigenvalue weighted by molar-refractivity contribution is 6.10. The van der Waals surface area contributed by atoms with Crippen molar-refractivity contribution >= 4 is 29.6 Å². The maximum absolute atomic E-state index is 14.2. The van der Waals surface area contributed by atoms with Crippen molar-refractivity contribution in [3.05, 3.63) is 59.4 Å². The summed E-state index contributed by atoms with van der Waals surface area (Å²) in [5, 5.41) is 0. The summed E-state index contributed by atoms with van der Waals surface area (Å²) in [4.78, 5) is 37.9. The Morgan fingerprint density at radius 3 is 2.28 bits per heavy atom. The molecule has 50 heavy (non-hydrogen) atoms. The number of ether oxygens (including phenoxy) is 2. The first-order valence-corrected chi connectivity index (χ1v) is 18.7. The van der Waals surface area contributed by atoms with Gasteiger partial charge in [0.2, 0.25) is 5.91 Å². The van der Waals surface area contributed by atoms with Crippen LogP contribution in [0.25, 0.3) is 5.57 Å². The predicted octanol–water partition coefficient (Wildman–Crippen LogP) is 8.09. The Hall–Kier alpha value is -3.88. The largest absolute Gasteiger partial charge is 0.496 e. The van der Waals surface area contributed by atoms with Crippen molar-refractivity contribution in [2.24, 2.45) is 28.0 Å². The van der Waals surface area contributed by atoms with Crippen LogP contribution in [0, 0.1) is 24.2 Å². The van der Waals surface area contributed by atoms with E-state index in [0.717, 1.165) is 87.3 Å². The number of nitrogens with two attached hydrogens (primary N) is 1. The van der Waals surface area contributed by atoms with Crippen LogP contribution in [0.2, 0.25) is 0 Å². The first-order valence-electron chi connectivity index (χ1n) is 18.7. The number of methoxy groups -OCH3 is 2. The van der Waals surface area contributed by atoms with Crippen molar-refractivity contribution in [2.45, 2.75) is 110 Å².